The Hall–Kier alpha value is -1.18. The number of ether oxygens (including phenoxy) is 2. The third-order valence-corrected chi connectivity index (χ3v) is 2.67. The van der Waals surface area contributed by atoms with Crippen molar-refractivity contribution in [3.8, 4) is 0 Å². The number of rotatable bonds is 15. The van der Waals surface area contributed by atoms with Gasteiger partial charge >= 0.3 is 0 Å². The Bertz CT molecular complexity index is 277. The number of nitrogens with two attached hydrogens (primary N) is 1. The van der Waals surface area contributed by atoms with Crippen LogP contribution in [0.3, 0.4) is 0 Å². The van der Waals surface area contributed by atoms with Crippen LogP contribution in [0.2, 0.25) is 0 Å². The lowest BCUT2D eigenvalue weighted by atomic mass is 10.4. The lowest BCUT2D eigenvalue weighted by Crippen LogP contribution is -2.24. The number of carbonyl (C=O) groups excluding carboxylic acids is 2. The first kappa shape index (κ1) is 28.6. The zero-order valence-electron chi connectivity index (χ0n) is 17.0. The number of nitrogens with one attached hydrogen (secondary N) is 2. The van der Waals surface area contributed by atoms with Gasteiger partial charge in [-0.1, -0.05) is 34.6 Å². The van der Waals surface area contributed by atoms with Crippen molar-refractivity contribution in [3.63, 3.8) is 0 Å². The van der Waals surface area contributed by atoms with E-state index in [0.717, 1.165) is 19.4 Å². The maximum atomic E-state index is 10.9. The number of carbonyl (C=O) groups is 2. The molecule has 25 heavy (non-hydrogen) atoms. The van der Waals surface area contributed by atoms with Gasteiger partial charge in [-0.2, -0.15) is 0 Å². The minimum atomic E-state index is -0.287. The molecule has 0 fully saturated rings. The first-order valence-corrected chi connectivity index (χ1v) is 9.58. The van der Waals surface area contributed by atoms with Crippen molar-refractivity contribution in [2.45, 2.75) is 60.3 Å². The molecule has 0 bridgehead atoms. The summed E-state index contributed by atoms with van der Waals surface area (Å²) in [5, 5.41) is 5.90. The van der Waals surface area contributed by atoms with Crippen molar-refractivity contribution in [2.75, 3.05) is 46.1 Å². The molecule has 0 aromatic carbocycles. The highest BCUT2D eigenvalue weighted by Crippen LogP contribution is 1.86. The van der Waals surface area contributed by atoms with E-state index in [0.29, 0.717) is 52.4 Å². The SMILES string of the molecule is CC.CC.CCC(=O)NCCCOCCOCCCNCCC(N)=O. The molecule has 0 heterocycles. The third kappa shape index (κ3) is 31.2. The van der Waals surface area contributed by atoms with Crippen LogP contribution in [0.5, 0.6) is 0 Å². The molecule has 0 spiro atoms. The van der Waals surface area contributed by atoms with Gasteiger partial charge in [-0.05, 0) is 19.4 Å². The predicted molar refractivity (Wildman–Crippen MR) is 104 cm³/mol. The quantitative estimate of drug-likeness (QED) is 0.385. The van der Waals surface area contributed by atoms with Crippen LogP contribution in [0.1, 0.15) is 60.3 Å². The second-order valence-electron chi connectivity index (χ2n) is 4.60. The van der Waals surface area contributed by atoms with Gasteiger partial charge in [0, 0.05) is 39.1 Å². The van der Waals surface area contributed by atoms with E-state index >= 15 is 0 Å². The first-order chi connectivity index (χ1) is 12.2. The highest BCUT2D eigenvalue weighted by atomic mass is 16.5. The average molecular weight is 364 g/mol. The summed E-state index contributed by atoms with van der Waals surface area (Å²) in [5.74, 6) is -0.215. The van der Waals surface area contributed by atoms with Gasteiger partial charge in [0.05, 0.1) is 13.2 Å². The second-order valence-corrected chi connectivity index (χ2v) is 4.60. The number of hydrogen-bond acceptors (Lipinski definition) is 5. The highest BCUT2D eigenvalue weighted by Gasteiger charge is 1.96. The molecule has 0 saturated carbocycles. The van der Waals surface area contributed by atoms with E-state index in [1.54, 1.807) is 0 Å². The molecule has 2 amide bonds. The number of hydrogen-bond donors (Lipinski definition) is 3. The van der Waals surface area contributed by atoms with E-state index in [4.69, 9.17) is 15.2 Å². The van der Waals surface area contributed by atoms with Gasteiger partial charge in [-0.15, -0.1) is 0 Å². The Morgan fingerprint density at radius 1 is 0.840 bits per heavy atom. The van der Waals surface area contributed by atoms with Crippen LogP contribution in [0.15, 0.2) is 0 Å². The maximum absolute atomic E-state index is 10.9. The molecular formula is C18H41N3O4. The summed E-state index contributed by atoms with van der Waals surface area (Å²) < 4.78 is 10.8. The van der Waals surface area contributed by atoms with Crippen LogP contribution < -0.4 is 16.4 Å². The Morgan fingerprint density at radius 2 is 1.36 bits per heavy atom. The smallest absolute Gasteiger partial charge is 0.219 e. The van der Waals surface area contributed by atoms with Gasteiger partial charge in [0.15, 0.2) is 0 Å². The molecule has 0 aliphatic heterocycles. The Kier molecular flexibility index (Phi) is 31.7. The van der Waals surface area contributed by atoms with Crippen LogP contribution in [-0.2, 0) is 19.1 Å². The van der Waals surface area contributed by atoms with Crippen molar-refractivity contribution >= 4 is 11.8 Å². The summed E-state index contributed by atoms with van der Waals surface area (Å²) in [6.07, 6.45) is 2.59. The van der Waals surface area contributed by atoms with E-state index in [-0.39, 0.29) is 11.8 Å². The monoisotopic (exact) mass is 363 g/mol. The summed E-state index contributed by atoms with van der Waals surface area (Å²) in [7, 11) is 0. The van der Waals surface area contributed by atoms with E-state index in [9.17, 15) is 9.59 Å². The number of primary amides is 1. The van der Waals surface area contributed by atoms with Gasteiger partial charge in [0.25, 0.3) is 0 Å². The molecular weight excluding hydrogens is 322 g/mol. The van der Waals surface area contributed by atoms with Crippen LogP contribution >= 0.6 is 0 Å². The number of amides is 2. The lowest BCUT2D eigenvalue weighted by Gasteiger charge is -2.07. The molecule has 0 radical (unpaired) electrons. The van der Waals surface area contributed by atoms with E-state index in [1.165, 1.54) is 0 Å². The van der Waals surface area contributed by atoms with E-state index < -0.39 is 0 Å². The minimum absolute atomic E-state index is 0.0720. The molecule has 0 aromatic rings. The van der Waals surface area contributed by atoms with E-state index in [1.807, 2.05) is 34.6 Å². The molecule has 152 valence electrons. The second kappa shape index (κ2) is 27.7. The van der Waals surface area contributed by atoms with Gasteiger partial charge in [0.2, 0.25) is 11.8 Å². The summed E-state index contributed by atoms with van der Waals surface area (Å²) in [6, 6.07) is 0. The van der Waals surface area contributed by atoms with Crippen LogP contribution in [-0.4, -0.2) is 57.9 Å². The third-order valence-electron chi connectivity index (χ3n) is 2.67. The largest absolute Gasteiger partial charge is 0.379 e. The molecule has 0 aromatic heterocycles. The maximum Gasteiger partial charge on any atom is 0.219 e. The van der Waals surface area contributed by atoms with Crippen molar-refractivity contribution in [1.29, 1.82) is 0 Å². The first-order valence-electron chi connectivity index (χ1n) is 9.58. The van der Waals surface area contributed by atoms with Crippen LogP contribution in [0, 0.1) is 0 Å². The normalized spacial score (nSPS) is 9.32. The van der Waals surface area contributed by atoms with Crippen LogP contribution in [0.4, 0.5) is 0 Å². The highest BCUT2D eigenvalue weighted by molar-refractivity contribution is 5.75. The fourth-order valence-electron chi connectivity index (χ4n) is 1.48. The molecule has 0 atom stereocenters. The van der Waals surface area contributed by atoms with Crippen molar-refractivity contribution in [1.82, 2.24) is 10.6 Å². The fourth-order valence-corrected chi connectivity index (χ4v) is 1.48. The topological polar surface area (TPSA) is 103 Å². The van der Waals surface area contributed by atoms with Crippen LogP contribution in [0.25, 0.3) is 0 Å². The van der Waals surface area contributed by atoms with Gasteiger partial charge in [0.1, 0.15) is 0 Å². The molecule has 0 saturated heterocycles. The fraction of sp³-hybridized carbons (Fsp3) is 0.889. The molecule has 0 rings (SSSR count). The van der Waals surface area contributed by atoms with Gasteiger partial charge < -0.3 is 25.8 Å². The Morgan fingerprint density at radius 3 is 1.84 bits per heavy atom. The zero-order valence-corrected chi connectivity index (χ0v) is 17.0. The average Bonchev–Trinajstić information content (AvgIpc) is 2.64. The summed E-state index contributed by atoms with van der Waals surface area (Å²) in [4.78, 5) is 21.4. The summed E-state index contributed by atoms with van der Waals surface area (Å²) >= 11 is 0. The predicted octanol–water partition coefficient (Wildman–Crippen LogP) is 1.84. The summed E-state index contributed by atoms with van der Waals surface area (Å²) in [6.45, 7) is 14.3. The molecule has 0 unspecified atom stereocenters. The van der Waals surface area contributed by atoms with Crippen molar-refractivity contribution < 1.29 is 19.1 Å². The minimum Gasteiger partial charge on any atom is -0.379 e. The molecule has 0 aliphatic rings. The Balaban J connectivity index is -0.00000112. The Labute approximate surface area is 154 Å². The van der Waals surface area contributed by atoms with Crippen molar-refractivity contribution in [2.24, 2.45) is 5.73 Å². The van der Waals surface area contributed by atoms with Crippen molar-refractivity contribution in [3.05, 3.63) is 0 Å². The van der Waals surface area contributed by atoms with Gasteiger partial charge in [-0.3, -0.25) is 9.59 Å². The summed E-state index contributed by atoms with van der Waals surface area (Å²) in [5.41, 5.74) is 5.02. The zero-order chi connectivity index (χ0) is 19.8. The molecule has 4 N–H and O–H groups in total. The lowest BCUT2D eigenvalue weighted by molar-refractivity contribution is -0.121. The molecule has 7 nitrogen and oxygen atoms in total. The van der Waals surface area contributed by atoms with E-state index in [2.05, 4.69) is 10.6 Å². The molecule has 7 heteroatoms. The molecule has 0 aliphatic carbocycles. The van der Waals surface area contributed by atoms with Gasteiger partial charge in [-0.25, -0.2) is 0 Å². The standard InChI is InChI=1S/C14H29N3O4.2C2H6/c1-2-14(19)17-7-4-10-21-12-11-20-9-3-6-16-8-5-13(15)18;2*1-2/h16H,2-12H2,1H3,(H2,15,18)(H,17,19);2*1-2H3.